The monoisotopic (exact) mass is 267 g/mol. The lowest BCUT2D eigenvalue weighted by Crippen LogP contribution is -2.26. The van der Waals surface area contributed by atoms with Crippen molar-refractivity contribution in [3.8, 4) is 11.5 Å². The molecule has 0 bridgehead atoms. The Morgan fingerprint density at radius 3 is 2.42 bits per heavy atom. The summed E-state index contributed by atoms with van der Waals surface area (Å²) in [6.45, 7) is 8.42. The van der Waals surface area contributed by atoms with Crippen molar-refractivity contribution in [1.29, 1.82) is 0 Å². The largest absolute Gasteiger partial charge is 0.497 e. The molecule has 0 fully saturated rings. The second-order valence-corrected chi connectivity index (χ2v) is 5.32. The van der Waals surface area contributed by atoms with E-state index in [2.05, 4.69) is 26.1 Å². The zero-order valence-electron chi connectivity index (χ0n) is 12.6. The van der Waals surface area contributed by atoms with Gasteiger partial charge in [0, 0.05) is 24.7 Å². The lowest BCUT2D eigenvalue weighted by molar-refractivity contribution is -0.000900. The summed E-state index contributed by atoms with van der Waals surface area (Å²) >= 11 is 0. The molecule has 1 aromatic rings. The molecule has 1 rings (SSSR count). The average molecular weight is 267 g/mol. The number of nitrogens with one attached hydrogen (secondary N) is 1. The summed E-state index contributed by atoms with van der Waals surface area (Å²) in [7, 11) is 3.32. The van der Waals surface area contributed by atoms with E-state index >= 15 is 0 Å². The molecule has 1 aromatic carbocycles. The molecule has 0 atom stereocenters. The molecule has 0 spiro atoms. The lowest BCUT2D eigenvalue weighted by Gasteiger charge is -2.19. The van der Waals surface area contributed by atoms with Crippen molar-refractivity contribution >= 4 is 0 Å². The number of ether oxygens (including phenoxy) is 3. The zero-order chi connectivity index (χ0) is 14.3. The van der Waals surface area contributed by atoms with Gasteiger partial charge < -0.3 is 19.5 Å². The van der Waals surface area contributed by atoms with E-state index in [0.29, 0.717) is 6.61 Å². The van der Waals surface area contributed by atoms with Gasteiger partial charge in [-0.05, 0) is 26.8 Å². The van der Waals surface area contributed by atoms with Crippen LogP contribution < -0.4 is 14.8 Å². The molecular weight excluding hydrogens is 242 g/mol. The van der Waals surface area contributed by atoms with Gasteiger partial charge in [0.2, 0.25) is 0 Å². The van der Waals surface area contributed by atoms with Gasteiger partial charge in [-0.25, -0.2) is 0 Å². The number of benzene rings is 1. The highest BCUT2D eigenvalue weighted by Gasteiger charge is 2.09. The van der Waals surface area contributed by atoms with Gasteiger partial charge in [-0.2, -0.15) is 0 Å². The van der Waals surface area contributed by atoms with Crippen LogP contribution in [-0.4, -0.2) is 33.0 Å². The SMILES string of the molecule is COc1ccc(CNCCOC(C)(C)C)c(OC)c1. The van der Waals surface area contributed by atoms with E-state index in [0.717, 1.165) is 30.2 Å². The molecule has 0 saturated heterocycles. The van der Waals surface area contributed by atoms with Crippen LogP contribution in [0.4, 0.5) is 0 Å². The number of hydrogen-bond acceptors (Lipinski definition) is 4. The van der Waals surface area contributed by atoms with Crippen LogP contribution in [0.2, 0.25) is 0 Å². The minimum absolute atomic E-state index is 0.0838. The Morgan fingerprint density at radius 1 is 1.11 bits per heavy atom. The zero-order valence-corrected chi connectivity index (χ0v) is 12.6. The molecule has 4 heteroatoms. The van der Waals surface area contributed by atoms with E-state index in [1.165, 1.54) is 0 Å². The van der Waals surface area contributed by atoms with E-state index in [9.17, 15) is 0 Å². The summed E-state index contributed by atoms with van der Waals surface area (Å²) < 4.78 is 16.2. The van der Waals surface area contributed by atoms with Gasteiger partial charge in [0.1, 0.15) is 11.5 Å². The van der Waals surface area contributed by atoms with Crippen LogP contribution in [0.15, 0.2) is 18.2 Å². The maximum atomic E-state index is 5.65. The molecule has 0 radical (unpaired) electrons. The first-order valence-electron chi connectivity index (χ1n) is 6.52. The highest BCUT2D eigenvalue weighted by Crippen LogP contribution is 2.24. The number of methoxy groups -OCH3 is 2. The third-order valence-electron chi connectivity index (χ3n) is 2.62. The summed E-state index contributed by atoms with van der Waals surface area (Å²) in [5.74, 6) is 1.64. The Kier molecular flexibility index (Phi) is 6.12. The first-order valence-corrected chi connectivity index (χ1v) is 6.52. The van der Waals surface area contributed by atoms with Crippen LogP contribution in [0.25, 0.3) is 0 Å². The average Bonchev–Trinajstić information content (AvgIpc) is 2.37. The highest BCUT2D eigenvalue weighted by molar-refractivity contribution is 5.40. The van der Waals surface area contributed by atoms with Gasteiger partial charge in [0.25, 0.3) is 0 Å². The highest BCUT2D eigenvalue weighted by atomic mass is 16.5. The molecule has 1 N–H and O–H groups in total. The molecule has 0 aliphatic rings. The summed E-state index contributed by atoms with van der Waals surface area (Å²) in [5.41, 5.74) is 1.03. The van der Waals surface area contributed by atoms with Crippen molar-refractivity contribution in [2.24, 2.45) is 0 Å². The minimum atomic E-state index is -0.0838. The van der Waals surface area contributed by atoms with E-state index in [-0.39, 0.29) is 5.60 Å². The van der Waals surface area contributed by atoms with E-state index in [1.807, 2.05) is 18.2 Å². The Balaban J connectivity index is 2.41. The van der Waals surface area contributed by atoms with E-state index in [4.69, 9.17) is 14.2 Å². The van der Waals surface area contributed by atoms with Crippen molar-refractivity contribution in [3.63, 3.8) is 0 Å². The molecule has 0 saturated carbocycles. The summed E-state index contributed by atoms with van der Waals surface area (Å²) in [6, 6.07) is 5.84. The second-order valence-electron chi connectivity index (χ2n) is 5.32. The predicted octanol–water partition coefficient (Wildman–Crippen LogP) is 2.61. The van der Waals surface area contributed by atoms with Gasteiger partial charge in [0.05, 0.1) is 26.4 Å². The first kappa shape index (κ1) is 15.8. The molecule has 108 valence electrons. The van der Waals surface area contributed by atoms with Crippen LogP contribution in [0.3, 0.4) is 0 Å². The molecule has 0 aromatic heterocycles. The van der Waals surface area contributed by atoms with Crippen molar-refractivity contribution in [1.82, 2.24) is 5.32 Å². The third kappa shape index (κ3) is 5.94. The van der Waals surface area contributed by atoms with Gasteiger partial charge in [-0.3, -0.25) is 0 Å². The Bertz CT molecular complexity index is 385. The van der Waals surface area contributed by atoms with Crippen LogP contribution in [-0.2, 0) is 11.3 Å². The molecular formula is C15H25NO3. The smallest absolute Gasteiger partial charge is 0.127 e. The summed E-state index contributed by atoms with van der Waals surface area (Å²) in [4.78, 5) is 0. The van der Waals surface area contributed by atoms with Gasteiger partial charge in [-0.15, -0.1) is 0 Å². The fourth-order valence-corrected chi connectivity index (χ4v) is 1.65. The minimum Gasteiger partial charge on any atom is -0.497 e. The summed E-state index contributed by atoms with van der Waals surface area (Å²) in [6.07, 6.45) is 0. The van der Waals surface area contributed by atoms with E-state index < -0.39 is 0 Å². The van der Waals surface area contributed by atoms with Crippen molar-refractivity contribution in [2.45, 2.75) is 32.9 Å². The first-order chi connectivity index (χ1) is 8.96. The summed E-state index contributed by atoms with van der Waals surface area (Å²) in [5, 5.41) is 3.34. The molecule has 0 amide bonds. The molecule has 0 unspecified atom stereocenters. The van der Waals surface area contributed by atoms with Gasteiger partial charge in [-0.1, -0.05) is 6.07 Å². The normalized spacial score (nSPS) is 11.4. The van der Waals surface area contributed by atoms with Crippen LogP contribution in [0, 0.1) is 0 Å². The number of rotatable bonds is 7. The predicted molar refractivity (Wildman–Crippen MR) is 77.0 cm³/mol. The van der Waals surface area contributed by atoms with Crippen LogP contribution in [0.5, 0.6) is 11.5 Å². The Hall–Kier alpha value is -1.26. The van der Waals surface area contributed by atoms with Crippen LogP contribution in [0.1, 0.15) is 26.3 Å². The quantitative estimate of drug-likeness (QED) is 0.771. The molecule has 0 aliphatic carbocycles. The standard InChI is InChI=1S/C15H25NO3/c1-15(2,3)19-9-8-16-11-12-6-7-13(17-4)10-14(12)18-5/h6-7,10,16H,8-9,11H2,1-5H3. The molecule has 0 aliphatic heterocycles. The second kappa shape index (κ2) is 7.36. The fraction of sp³-hybridized carbons (Fsp3) is 0.600. The molecule has 4 nitrogen and oxygen atoms in total. The Morgan fingerprint density at radius 2 is 1.84 bits per heavy atom. The van der Waals surface area contributed by atoms with Crippen molar-refractivity contribution in [2.75, 3.05) is 27.4 Å². The molecule has 0 heterocycles. The fourth-order valence-electron chi connectivity index (χ4n) is 1.65. The third-order valence-corrected chi connectivity index (χ3v) is 2.62. The van der Waals surface area contributed by atoms with E-state index in [1.54, 1.807) is 14.2 Å². The topological polar surface area (TPSA) is 39.7 Å². The maximum Gasteiger partial charge on any atom is 0.127 e. The van der Waals surface area contributed by atoms with Gasteiger partial charge >= 0.3 is 0 Å². The van der Waals surface area contributed by atoms with Crippen molar-refractivity contribution < 1.29 is 14.2 Å². The molecule has 19 heavy (non-hydrogen) atoms. The van der Waals surface area contributed by atoms with Gasteiger partial charge in [0.15, 0.2) is 0 Å². The number of hydrogen-bond donors (Lipinski definition) is 1. The maximum absolute atomic E-state index is 5.65. The Labute approximate surface area is 116 Å². The van der Waals surface area contributed by atoms with Crippen molar-refractivity contribution in [3.05, 3.63) is 23.8 Å². The van der Waals surface area contributed by atoms with Crippen LogP contribution >= 0.6 is 0 Å². The lowest BCUT2D eigenvalue weighted by atomic mass is 10.2.